The SMILES string of the molecule is CCC1SC(=S)N(CC(=O)Nc2ccc(C(C)=O)cc2)C1=O. The number of Topliss-reactive ketones (excluding diaryl/α,β-unsaturated/α-hetero) is 1. The Kier molecular flexibility index (Phi) is 5.31. The molecular weight excluding hydrogens is 320 g/mol. The van der Waals surface area contributed by atoms with Crippen molar-refractivity contribution in [2.75, 3.05) is 11.9 Å². The molecule has 5 nitrogen and oxygen atoms in total. The number of amides is 2. The summed E-state index contributed by atoms with van der Waals surface area (Å²) in [6.45, 7) is 3.31. The van der Waals surface area contributed by atoms with E-state index >= 15 is 0 Å². The number of anilines is 1. The zero-order valence-corrected chi connectivity index (χ0v) is 13.9. The van der Waals surface area contributed by atoms with Crippen molar-refractivity contribution < 1.29 is 14.4 Å². The number of carbonyl (C=O) groups excluding carboxylic acids is 3. The molecule has 0 bridgehead atoms. The summed E-state index contributed by atoms with van der Waals surface area (Å²) in [5.74, 6) is -0.461. The lowest BCUT2D eigenvalue weighted by Crippen LogP contribution is -2.38. The molecule has 0 aliphatic carbocycles. The molecule has 0 spiro atoms. The molecule has 0 aromatic heterocycles. The van der Waals surface area contributed by atoms with Gasteiger partial charge >= 0.3 is 0 Å². The van der Waals surface area contributed by atoms with Crippen molar-refractivity contribution in [3.8, 4) is 0 Å². The Balaban J connectivity index is 1.97. The van der Waals surface area contributed by atoms with Crippen LogP contribution in [0.3, 0.4) is 0 Å². The van der Waals surface area contributed by atoms with Crippen LogP contribution in [0, 0.1) is 0 Å². The van der Waals surface area contributed by atoms with Crippen LogP contribution in [-0.2, 0) is 9.59 Å². The summed E-state index contributed by atoms with van der Waals surface area (Å²) >= 11 is 6.47. The highest BCUT2D eigenvalue weighted by Crippen LogP contribution is 2.29. The Morgan fingerprint density at radius 2 is 1.95 bits per heavy atom. The molecule has 1 aliphatic heterocycles. The molecule has 22 heavy (non-hydrogen) atoms. The number of hydrogen-bond donors (Lipinski definition) is 1. The first-order valence-electron chi connectivity index (χ1n) is 6.85. The van der Waals surface area contributed by atoms with Crippen LogP contribution in [0.5, 0.6) is 0 Å². The standard InChI is InChI=1S/C15H16N2O3S2/c1-3-12-14(20)17(15(21)22-12)8-13(19)16-11-6-4-10(5-7-11)9(2)18/h4-7,12H,3,8H2,1-2H3,(H,16,19). The second kappa shape index (κ2) is 7.02. The van der Waals surface area contributed by atoms with E-state index in [0.29, 0.717) is 22.0 Å². The number of nitrogens with zero attached hydrogens (tertiary/aromatic N) is 1. The highest BCUT2D eigenvalue weighted by atomic mass is 32.2. The Labute approximate surface area is 138 Å². The minimum Gasteiger partial charge on any atom is -0.325 e. The second-order valence-corrected chi connectivity index (χ2v) is 6.72. The van der Waals surface area contributed by atoms with Gasteiger partial charge in [-0.1, -0.05) is 30.9 Å². The number of thioether (sulfide) groups is 1. The first kappa shape index (κ1) is 16.6. The lowest BCUT2D eigenvalue weighted by molar-refractivity contribution is -0.129. The first-order chi connectivity index (χ1) is 10.4. The minimum atomic E-state index is -0.316. The monoisotopic (exact) mass is 336 g/mol. The van der Waals surface area contributed by atoms with Crippen LogP contribution in [0.25, 0.3) is 0 Å². The summed E-state index contributed by atoms with van der Waals surface area (Å²) in [6, 6.07) is 6.60. The predicted molar refractivity (Wildman–Crippen MR) is 91.1 cm³/mol. The van der Waals surface area contributed by atoms with Gasteiger partial charge in [-0.25, -0.2) is 0 Å². The molecule has 2 rings (SSSR count). The van der Waals surface area contributed by atoms with Crippen LogP contribution >= 0.6 is 24.0 Å². The molecule has 0 saturated carbocycles. The molecule has 1 unspecified atom stereocenters. The van der Waals surface area contributed by atoms with Crippen LogP contribution < -0.4 is 5.32 Å². The summed E-state index contributed by atoms with van der Waals surface area (Å²) in [5.41, 5.74) is 1.16. The van der Waals surface area contributed by atoms with E-state index in [0.717, 1.165) is 0 Å². The lowest BCUT2D eigenvalue weighted by Gasteiger charge is -2.15. The zero-order chi connectivity index (χ0) is 16.3. The first-order valence-corrected chi connectivity index (χ1v) is 8.14. The third-order valence-electron chi connectivity index (χ3n) is 3.25. The van der Waals surface area contributed by atoms with Crippen molar-refractivity contribution in [2.24, 2.45) is 0 Å². The van der Waals surface area contributed by atoms with E-state index in [2.05, 4.69) is 5.32 Å². The van der Waals surface area contributed by atoms with Crippen molar-refractivity contribution in [2.45, 2.75) is 25.5 Å². The maximum absolute atomic E-state index is 12.1. The average molecular weight is 336 g/mol. The Bertz CT molecular complexity index is 628. The predicted octanol–water partition coefficient (Wildman–Crippen LogP) is 2.47. The highest BCUT2D eigenvalue weighted by molar-refractivity contribution is 8.24. The van der Waals surface area contributed by atoms with Crippen molar-refractivity contribution in [3.05, 3.63) is 29.8 Å². The fourth-order valence-electron chi connectivity index (χ4n) is 2.03. The third-order valence-corrected chi connectivity index (χ3v) is 5.00. The number of ketones is 1. The smallest absolute Gasteiger partial charge is 0.244 e. The second-order valence-electron chi connectivity index (χ2n) is 4.89. The van der Waals surface area contributed by atoms with Gasteiger partial charge in [-0.05, 0) is 37.6 Å². The summed E-state index contributed by atoms with van der Waals surface area (Å²) in [4.78, 5) is 36.6. The van der Waals surface area contributed by atoms with E-state index in [1.54, 1.807) is 24.3 Å². The van der Waals surface area contributed by atoms with Gasteiger partial charge in [0.2, 0.25) is 11.8 Å². The van der Waals surface area contributed by atoms with Crippen LogP contribution in [0.15, 0.2) is 24.3 Å². The number of rotatable bonds is 5. The van der Waals surface area contributed by atoms with Gasteiger partial charge in [-0.2, -0.15) is 0 Å². The van der Waals surface area contributed by atoms with Crippen LogP contribution in [0.2, 0.25) is 0 Å². The normalized spacial score (nSPS) is 17.7. The van der Waals surface area contributed by atoms with Gasteiger partial charge < -0.3 is 5.32 Å². The van der Waals surface area contributed by atoms with Crippen molar-refractivity contribution >= 4 is 51.6 Å². The van der Waals surface area contributed by atoms with Crippen molar-refractivity contribution in [1.29, 1.82) is 0 Å². The number of nitrogens with one attached hydrogen (secondary N) is 1. The Hall–Kier alpha value is -1.73. The quantitative estimate of drug-likeness (QED) is 0.661. The van der Waals surface area contributed by atoms with Crippen LogP contribution in [0.4, 0.5) is 5.69 Å². The third kappa shape index (κ3) is 3.72. The average Bonchev–Trinajstić information content (AvgIpc) is 2.75. The largest absolute Gasteiger partial charge is 0.325 e. The molecule has 1 aromatic rings. The van der Waals surface area contributed by atoms with Gasteiger partial charge in [-0.3, -0.25) is 19.3 Å². The molecule has 0 radical (unpaired) electrons. The molecule has 1 N–H and O–H groups in total. The number of benzene rings is 1. The van der Waals surface area contributed by atoms with Gasteiger partial charge in [-0.15, -0.1) is 0 Å². The van der Waals surface area contributed by atoms with Gasteiger partial charge in [0.15, 0.2) is 5.78 Å². The van der Waals surface area contributed by atoms with Crippen molar-refractivity contribution in [3.63, 3.8) is 0 Å². The maximum atomic E-state index is 12.1. The number of hydrogen-bond acceptors (Lipinski definition) is 5. The van der Waals surface area contributed by atoms with E-state index in [-0.39, 0.29) is 29.4 Å². The summed E-state index contributed by atoms with van der Waals surface area (Å²) in [5, 5.41) is 2.51. The van der Waals surface area contributed by atoms with E-state index in [4.69, 9.17) is 12.2 Å². The maximum Gasteiger partial charge on any atom is 0.244 e. The molecule has 7 heteroatoms. The molecule has 1 saturated heterocycles. The number of thiocarbonyl (C=S) groups is 1. The van der Waals surface area contributed by atoms with Crippen LogP contribution in [-0.4, -0.2) is 38.6 Å². The molecule has 1 aromatic carbocycles. The molecule has 1 fully saturated rings. The van der Waals surface area contributed by atoms with E-state index in [1.165, 1.54) is 23.6 Å². The molecule has 1 aliphatic rings. The summed E-state index contributed by atoms with van der Waals surface area (Å²) < 4.78 is 0.443. The fourth-order valence-corrected chi connectivity index (χ4v) is 3.46. The summed E-state index contributed by atoms with van der Waals surface area (Å²) in [6.07, 6.45) is 0.689. The Morgan fingerprint density at radius 3 is 2.45 bits per heavy atom. The van der Waals surface area contributed by atoms with Gasteiger partial charge in [0.1, 0.15) is 10.9 Å². The lowest BCUT2D eigenvalue weighted by atomic mass is 10.1. The Morgan fingerprint density at radius 1 is 1.32 bits per heavy atom. The van der Waals surface area contributed by atoms with Crippen LogP contribution in [0.1, 0.15) is 30.6 Å². The molecule has 1 atom stereocenters. The topological polar surface area (TPSA) is 66.5 Å². The number of carbonyl (C=O) groups is 3. The molecular formula is C15H16N2O3S2. The van der Waals surface area contributed by atoms with Gasteiger partial charge in [0, 0.05) is 11.3 Å². The summed E-state index contributed by atoms with van der Waals surface area (Å²) in [7, 11) is 0. The fraction of sp³-hybridized carbons (Fsp3) is 0.333. The van der Waals surface area contributed by atoms with E-state index < -0.39 is 0 Å². The molecule has 2 amide bonds. The molecule has 1 heterocycles. The van der Waals surface area contributed by atoms with E-state index in [1.807, 2.05) is 6.92 Å². The van der Waals surface area contributed by atoms with Gasteiger partial charge in [0.05, 0.1) is 5.25 Å². The molecule has 116 valence electrons. The zero-order valence-electron chi connectivity index (χ0n) is 12.3. The van der Waals surface area contributed by atoms with Crippen molar-refractivity contribution in [1.82, 2.24) is 4.90 Å². The highest BCUT2D eigenvalue weighted by Gasteiger charge is 2.36. The van der Waals surface area contributed by atoms with Gasteiger partial charge in [0.25, 0.3) is 0 Å². The minimum absolute atomic E-state index is 0.0338. The van der Waals surface area contributed by atoms with E-state index in [9.17, 15) is 14.4 Å².